The number of methoxy groups -OCH3 is 1. The van der Waals surface area contributed by atoms with Crippen molar-refractivity contribution in [1.82, 2.24) is 9.88 Å². The van der Waals surface area contributed by atoms with E-state index in [0.29, 0.717) is 5.15 Å². The Balaban J connectivity index is 1.76. The number of carbonyl (C=O) groups is 1. The quantitative estimate of drug-likeness (QED) is 0.629. The van der Waals surface area contributed by atoms with E-state index in [4.69, 9.17) is 16.3 Å². The van der Waals surface area contributed by atoms with Gasteiger partial charge in [-0.3, -0.25) is 9.69 Å². The highest BCUT2D eigenvalue weighted by Crippen LogP contribution is 2.37. The molecule has 0 amide bonds. The molecule has 1 fully saturated rings. The highest BCUT2D eigenvalue weighted by atomic mass is 35.5. The number of aromatic nitrogens is 1. The second kappa shape index (κ2) is 7.32. The fourth-order valence-electron chi connectivity index (χ4n) is 3.40. The van der Waals surface area contributed by atoms with Gasteiger partial charge in [0, 0.05) is 12.7 Å². The summed E-state index contributed by atoms with van der Waals surface area (Å²) < 4.78 is 5.11. The van der Waals surface area contributed by atoms with Crippen LogP contribution in [-0.2, 0) is 21.5 Å². The molecule has 0 saturated carbocycles. The molecular weight excluding hydrogens is 324 g/mol. The summed E-state index contributed by atoms with van der Waals surface area (Å²) in [5, 5.41) is 0.431. The fraction of sp³-hybridized carbons (Fsp3) is 0.368. The van der Waals surface area contributed by atoms with Crippen LogP contribution >= 0.6 is 11.6 Å². The van der Waals surface area contributed by atoms with Gasteiger partial charge in [-0.1, -0.05) is 48.0 Å². The molecule has 0 unspecified atom stereocenters. The van der Waals surface area contributed by atoms with Gasteiger partial charge in [0.1, 0.15) is 5.15 Å². The number of hydrogen-bond donors (Lipinski definition) is 0. The van der Waals surface area contributed by atoms with E-state index >= 15 is 0 Å². The Kier molecular flexibility index (Phi) is 5.17. The first kappa shape index (κ1) is 16.9. The monoisotopic (exact) mass is 344 g/mol. The van der Waals surface area contributed by atoms with Gasteiger partial charge in [-0.05, 0) is 43.1 Å². The number of pyridine rings is 1. The number of ether oxygens (including phenoxy) is 1. The van der Waals surface area contributed by atoms with Crippen LogP contribution in [0.25, 0.3) is 0 Å². The molecule has 1 aliphatic rings. The van der Waals surface area contributed by atoms with E-state index in [2.05, 4.69) is 34.1 Å². The molecule has 0 radical (unpaired) electrons. The van der Waals surface area contributed by atoms with E-state index < -0.39 is 5.41 Å². The molecule has 1 saturated heterocycles. The van der Waals surface area contributed by atoms with E-state index in [1.54, 1.807) is 12.3 Å². The maximum atomic E-state index is 12.5. The van der Waals surface area contributed by atoms with Crippen LogP contribution in [0.5, 0.6) is 0 Å². The molecule has 0 spiro atoms. The molecule has 1 aliphatic heterocycles. The number of hydrogen-bond acceptors (Lipinski definition) is 4. The Hall–Kier alpha value is -1.91. The van der Waals surface area contributed by atoms with Crippen LogP contribution in [-0.4, -0.2) is 36.1 Å². The van der Waals surface area contributed by atoms with Gasteiger partial charge in [0.2, 0.25) is 0 Å². The molecule has 4 nitrogen and oxygen atoms in total. The van der Waals surface area contributed by atoms with Gasteiger partial charge in [-0.25, -0.2) is 4.98 Å². The first-order valence-corrected chi connectivity index (χ1v) is 8.48. The van der Waals surface area contributed by atoms with Gasteiger partial charge in [-0.2, -0.15) is 0 Å². The van der Waals surface area contributed by atoms with E-state index in [1.807, 2.05) is 12.1 Å². The largest absolute Gasteiger partial charge is 0.468 e. The van der Waals surface area contributed by atoms with Crippen molar-refractivity contribution in [2.75, 3.05) is 20.2 Å². The summed E-state index contributed by atoms with van der Waals surface area (Å²) in [4.78, 5) is 19.1. The highest BCUT2D eigenvalue weighted by molar-refractivity contribution is 6.29. The zero-order chi connectivity index (χ0) is 17.0. The molecule has 1 aromatic carbocycles. The normalized spacial score (nSPS) is 17.4. The Morgan fingerprint density at radius 3 is 2.50 bits per heavy atom. The SMILES string of the molecule is COC(=O)C1(c2ccc(Cl)nc2)CCN(Cc2ccccc2)CC1. The molecule has 24 heavy (non-hydrogen) atoms. The number of rotatable bonds is 4. The maximum Gasteiger partial charge on any atom is 0.316 e. The van der Waals surface area contributed by atoms with Gasteiger partial charge < -0.3 is 4.74 Å². The summed E-state index contributed by atoms with van der Waals surface area (Å²) in [6.07, 6.45) is 3.14. The maximum absolute atomic E-state index is 12.5. The van der Waals surface area contributed by atoms with Crippen molar-refractivity contribution < 1.29 is 9.53 Å². The third-order valence-corrected chi connectivity index (χ3v) is 5.04. The lowest BCUT2D eigenvalue weighted by atomic mass is 9.73. The smallest absolute Gasteiger partial charge is 0.316 e. The summed E-state index contributed by atoms with van der Waals surface area (Å²) in [6, 6.07) is 14.0. The Morgan fingerprint density at radius 2 is 1.92 bits per heavy atom. The lowest BCUT2D eigenvalue weighted by molar-refractivity contribution is -0.149. The minimum absolute atomic E-state index is 0.189. The number of esters is 1. The molecule has 126 valence electrons. The summed E-state index contributed by atoms with van der Waals surface area (Å²) >= 11 is 5.89. The zero-order valence-corrected chi connectivity index (χ0v) is 14.5. The number of piperidine rings is 1. The molecule has 3 rings (SSSR count). The average molecular weight is 345 g/mol. The van der Waals surface area contributed by atoms with Gasteiger partial charge in [0.05, 0.1) is 12.5 Å². The average Bonchev–Trinajstić information content (AvgIpc) is 2.63. The van der Waals surface area contributed by atoms with Gasteiger partial charge >= 0.3 is 5.97 Å². The predicted octanol–water partition coefficient (Wildman–Crippen LogP) is 3.44. The first-order valence-electron chi connectivity index (χ1n) is 8.11. The molecule has 2 aromatic rings. The third kappa shape index (κ3) is 3.45. The number of benzene rings is 1. The molecule has 0 N–H and O–H groups in total. The van der Waals surface area contributed by atoms with Crippen LogP contribution in [0.3, 0.4) is 0 Å². The second-order valence-electron chi connectivity index (χ2n) is 6.21. The molecule has 0 bridgehead atoms. The summed E-state index contributed by atoms with van der Waals surface area (Å²) in [7, 11) is 1.45. The number of carbonyl (C=O) groups excluding carboxylic acids is 1. The van der Waals surface area contributed by atoms with Crippen LogP contribution in [0.15, 0.2) is 48.7 Å². The topological polar surface area (TPSA) is 42.4 Å². The van der Waals surface area contributed by atoms with E-state index in [1.165, 1.54) is 12.7 Å². The fourth-order valence-corrected chi connectivity index (χ4v) is 3.51. The van der Waals surface area contributed by atoms with Crippen LogP contribution in [0.1, 0.15) is 24.0 Å². The predicted molar refractivity (Wildman–Crippen MR) is 93.9 cm³/mol. The molecule has 1 aromatic heterocycles. The highest BCUT2D eigenvalue weighted by Gasteiger charge is 2.44. The number of likely N-dealkylation sites (tertiary alicyclic amines) is 1. The van der Waals surface area contributed by atoms with Crippen LogP contribution in [0, 0.1) is 0 Å². The van der Waals surface area contributed by atoms with Crippen molar-refractivity contribution >= 4 is 17.6 Å². The molecule has 5 heteroatoms. The molecular formula is C19H21ClN2O2. The van der Waals surface area contributed by atoms with E-state index in [0.717, 1.165) is 38.0 Å². The van der Waals surface area contributed by atoms with Gasteiger partial charge in [-0.15, -0.1) is 0 Å². The standard InChI is InChI=1S/C19H21ClN2O2/c1-24-18(23)19(16-7-8-17(20)21-13-16)9-11-22(12-10-19)14-15-5-3-2-4-6-15/h2-8,13H,9-12,14H2,1H3. The molecule has 2 heterocycles. The van der Waals surface area contributed by atoms with Crippen LogP contribution < -0.4 is 0 Å². The Labute approximate surface area is 147 Å². The molecule has 0 aliphatic carbocycles. The van der Waals surface area contributed by atoms with Gasteiger partial charge in [0.15, 0.2) is 0 Å². The van der Waals surface area contributed by atoms with Crippen molar-refractivity contribution in [3.8, 4) is 0 Å². The number of halogens is 1. The van der Waals surface area contributed by atoms with Crippen LogP contribution in [0.4, 0.5) is 0 Å². The Bertz CT molecular complexity index is 680. The lowest BCUT2D eigenvalue weighted by Crippen LogP contribution is -2.47. The minimum Gasteiger partial charge on any atom is -0.468 e. The van der Waals surface area contributed by atoms with Crippen molar-refractivity contribution in [2.24, 2.45) is 0 Å². The lowest BCUT2D eigenvalue weighted by Gasteiger charge is -2.39. The number of nitrogens with zero attached hydrogens (tertiary/aromatic N) is 2. The second-order valence-corrected chi connectivity index (χ2v) is 6.59. The van der Waals surface area contributed by atoms with E-state index in [-0.39, 0.29) is 5.97 Å². The first-order chi connectivity index (χ1) is 11.6. The van der Waals surface area contributed by atoms with Crippen molar-refractivity contribution in [2.45, 2.75) is 24.8 Å². The third-order valence-electron chi connectivity index (χ3n) is 4.81. The van der Waals surface area contributed by atoms with Crippen molar-refractivity contribution in [3.05, 3.63) is 64.9 Å². The zero-order valence-electron chi connectivity index (χ0n) is 13.7. The summed E-state index contributed by atoms with van der Waals surface area (Å²) in [5.41, 5.74) is 1.55. The van der Waals surface area contributed by atoms with Crippen LogP contribution in [0.2, 0.25) is 5.15 Å². The summed E-state index contributed by atoms with van der Waals surface area (Å²) in [6.45, 7) is 2.58. The van der Waals surface area contributed by atoms with Crippen molar-refractivity contribution in [1.29, 1.82) is 0 Å². The summed E-state index contributed by atoms with van der Waals surface area (Å²) in [5.74, 6) is -0.189. The van der Waals surface area contributed by atoms with Gasteiger partial charge in [0.25, 0.3) is 0 Å². The molecule has 0 atom stereocenters. The minimum atomic E-state index is -0.625. The van der Waals surface area contributed by atoms with E-state index in [9.17, 15) is 4.79 Å². The van der Waals surface area contributed by atoms with Crippen molar-refractivity contribution in [3.63, 3.8) is 0 Å². The Morgan fingerprint density at radius 1 is 1.21 bits per heavy atom.